The van der Waals surface area contributed by atoms with E-state index < -0.39 is 5.82 Å². The fourth-order valence-corrected chi connectivity index (χ4v) is 2.26. The van der Waals surface area contributed by atoms with Crippen LogP contribution < -0.4 is 0 Å². The predicted molar refractivity (Wildman–Crippen MR) is 78.6 cm³/mol. The third kappa shape index (κ3) is 3.35. The summed E-state index contributed by atoms with van der Waals surface area (Å²) in [6, 6.07) is 9.36. The van der Waals surface area contributed by atoms with Crippen molar-refractivity contribution in [1.82, 2.24) is 0 Å². The highest BCUT2D eigenvalue weighted by atomic mass is 79.9. The molecule has 0 atom stereocenters. The number of hydrogen-bond donors (Lipinski definition) is 0. The van der Waals surface area contributed by atoms with Gasteiger partial charge < -0.3 is 0 Å². The van der Waals surface area contributed by atoms with E-state index >= 15 is 0 Å². The number of carbonyl (C=O) groups is 1. The van der Waals surface area contributed by atoms with Gasteiger partial charge in [0, 0.05) is 12.0 Å². The molecule has 0 amide bonds. The molecule has 2 rings (SSSR count). The first-order valence-electron chi connectivity index (χ1n) is 5.40. The summed E-state index contributed by atoms with van der Waals surface area (Å²) < 4.78 is 13.7. The Morgan fingerprint density at radius 3 is 2.63 bits per heavy atom. The van der Waals surface area contributed by atoms with Crippen LogP contribution in [0.2, 0.25) is 10.0 Å². The lowest BCUT2D eigenvalue weighted by atomic mass is 10.0. The molecule has 0 fully saturated rings. The van der Waals surface area contributed by atoms with Crippen molar-refractivity contribution in [2.45, 2.75) is 6.42 Å². The molecule has 0 aromatic heterocycles. The van der Waals surface area contributed by atoms with Crippen molar-refractivity contribution in [3.8, 4) is 0 Å². The van der Waals surface area contributed by atoms with Crippen molar-refractivity contribution in [2.24, 2.45) is 0 Å². The summed E-state index contributed by atoms with van der Waals surface area (Å²) in [5, 5.41) is 0.754. The molecule has 2 aromatic rings. The molecular weight excluding hydrogens is 354 g/mol. The Labute approximate surface area is 128 Å². The van der Waals surface area contributed by atoms with Gasteiger partial charge in [-0.2, -0.15) is 0 Å². The van der Waals surface area contributed by atoms with E-state index in [0.717, 1.165) is 0 Å². The molecule has 0 spiro atoms. The van der Waals surface area contributed by atoms with Crippen LogP contribution in [0.1, 0.15) is 15.9 Å². The topological polar surface area (TPSA) is 17.1 Å². The molecule has 0 aliphatic heterocycles. The maximum Gasteiger partial charge on any atom is 0.167 e. The summed E-state index contributed by atoms with van der Waals surface area (Å²) in [6.45, 7) is 0. The molecule has 0 N–H and O–H groups in total. The van der Waals surface area contributed by atoms with Crippen LogP contribution in [0.25, 0.3) is 0 Å². The number of hydrogen-bond acceptors (Lipinski definition) is 1. The van der Waals surface area contributed by atoms with Crippen molar-refractivity contribution >= 4 is 44.9 Å². The molecule has 0 saturated heterocycles. The van der Waals surface area contributed by atoms with Crippen molar-refractivity contribution in [3.05, 3.63) is 67.9 Å². The van der Waals surface area contributed by atoms with Crippen molar-refractivity contribution in [1.29, 1.82) is 0 Å². The van der Waals surface area contributed by atoms with Crippen molar-refractivity contribution in [2.75, 3.05) is 0 Å². The number of carbonyl (C=O) groups excluding carboxylic acids is 1. The summed E-state index contributed by atoms with van der Waals surface area (Å²) in [4.78, 5) is 12.1. The molecule has 19 heavy (non-hydrogen) atoms. The van der Waals surface area contributed by atoms with Gasteiger partial charge in [0.1, 0.15) is 5.82 Å². The highest BCUT2D eigenvalue weighted by molar-refractivity contribution is 9.10. The third-order valence-electron chi connectivity index (χ3n) is 2.62. The minimum atomic E-state index is -0.469. The van der Waals surface area contributed by atoms with Crippen molar-refractivity contribution in [3.63, 3.8) is 0 Å². The van der Waals surface area contributed by atoms with Crippen LogP contribution in [-0.4, -0.2) is 5.78 Å². The Hall–Kier alpha value is -0.900. The van der Waals surface area contributed by atoms with E-state index in [9.17, 15) is 9.18 Å². The molecule has 98 valence electrons. The SMILES string of the molecule is O=C(Cc1cccc(Cl)c1Cl)c1ccc(Br)c(F)c1. The van der Waals surface area contributed by atoms with Gasteiger partial charge in [0.2, 0.25) is 0 Å². The van der Waals surface area contributed by atoms with Crippen molar-refractivity contribution < 1.29 is 9.18 Å². The quantitative estimate of drug-likeness (QED) is 0.676. The Morgan fingerprint density at radius 1 is 1.21 bits per heavy atom. The normalized spacial score (nSPS) is 10.5. The summed E-state index contributed by atoms with van der Waals surface area (Å²) in [5.41, 5.74) is 0.930. The first-order valence-corrected chi connectivity index (χ1v) is 6.95. The molecular formula is C14H8BrCl2FO. The molecule has 5 heteroatoms. The van der Waals surface area contributed by atoms with Crippen LogP contribution in [0.5, 0.6) is 0 Å². The molecule has 0 unspecified atom stereocenters. The number of rotatable bonds is 3. The molecule has 0 radical (unpaired) electrons. The fourth-order valence-electron chi connectivity index (χ4n) is 1.63. The van der Waals surface area contributed by atoms with E-state index in [2.05, 4.69) is 15.9 Å². The number of ketones is 1. The number of benzene rings is 2. The maximum atomic E-state index is 13.4. The van der Waals surface area contributed by atoms with Crippen LogP contribution >= 0.6 is 39.1 Å². The maximum absolute atomic E-state index is 13.4. The van der Waals surface area contributed by atoms with Gasteiger partial charge in [0.05, 0.1) is 14.5 Å². The van der Waals surface area contributed by atoms with E-state index in [-0.39, 0.29) is 12.2 Å². The monoisotopic (exact) mass is 360 g/mol. The van der Waals surface area contributed by atoms with E-state index in [0.29, 0.717) is 25.6 Å². The zero-order valence-corrected chi connectivity index (χ0v) is 12.7. The minimum absolute atomic E-state index is 0.0838. The van der Waals surface area contributed by atoms with Crippen LogP contribution in [-0.2, 0) is 6.42 Å². The Kier molecular flexibility index (Phi) is 4.61. The number of halogens is 4. The molecule has 1 nitrogen and oxygen atoms in total. The van der Waals surface area contributed by atoms with Crippen LogP contribution in [0.4, 0.5) is 4.39 Å². The van der Waals surface area contributed by atoms with Crippen LogP contribution in [0, 0.1) is 5.82 Å². The largest absolute Gasteiger partial charge is 0.294 e. The summed E-state index contributed by atoms with van der Waals surface area (Å²) in [7, 11) is 0. The second-order valence-electron chi connectivity index (χ2n) is 3.94. The second-order valence-corrected chi connectivity index (χ2v) is 5.58. The Balaban J connectivity index is 2.26. The lowest BCUT2D eigenvalue weighted by Gasteiger charge is -2.06. The van der Waals surface area contributed by atoms with Gasteiger partial charge in [0.25, 0.3) is 0 Å². The summed E-state index contributed by atoms with van der Waals surface area (Å²) in [6.07, 6.45) is 0.0838. The van der Waals surface area contributed by atoms with Gasteiger partial charge in [-0.15, -0.1) is 0 Å². The van der Waals surface area contributed by atoms with E-state index in [1.54, 1.807) is 24.3 Å². The standard InChI is InChI=1S/C14H8BrCl2FO/c15-10-5-4-8(6-12(10)18)13(19)7-9-2-1-3-11(16)14(9)17/h1-6H,7H2. The van der Waals surface area contributed by atoms with E-state index in [1.165, 1.54) is 12.1 Å². The Morgan fingerprint density at radius 2 is 1.95 bits per heavy atom. The molecule has 0 bridgehead atoms. The lowest BCUT2D eigenvalue weighted by Crippen LogP contribution is -2.04. The highest BCUT2D eigenvalue weighted by Crippen LogP contribution is 2.27. The van der Waals surface area contributed by atoms with Gasteiger partial charge in [-0.05, 0) is 39.7 Å². The molecule has 0 aliphatic rings. The molecule has 0 heterocycles. The second kappa shape index (κ2) is 6.04. The van der Waals surface area contributed by atoms with Gasteiger partial charge in [-0.3, -0.25) is 4.79 Å². The highest BCUT2D eigenvalue weighted by Gasteiger charge is 2.12. The predicted octanol–water partition coefficient (Wildman–Crippen LogP) is 5.32. The average molecular weight is 362 g/mol. The average Bonchev–Trinajstić information content (AvgIpc) is 2.38. The first-order chi connectivity index (χ1) is 8.99. The molecule has 0 saturated carbocycles. The lowest BCUT2D eigenvalue weighted by molar-refractivity contribution is 0.0992. The van der Waals surface area contributed by atoms with Gasteiger partial charge in [-0.1, -0.05) is 41.4 Å². The van der Waals surface area contributed by atoms with E-state index in [4.69, 9.17) is 23.2 Å². The molecule has 2 aromatic carbocycles. The summed E-state index contributed by atoms with van der Waals surface area (Å²) >= 11 is 14.9. The smallest absolute Gasteiger partial charge is 0.167 e. The van der Waals surface area contributed by atoms with E-state index in [1.807, 2.05) is 0 Å². The third-order valence-corrected chi connectivity index (χ3v) is 4.13. The summed E-state index contributed by atoms with van der Waals surface area (Å²) in [5.74, 6) is -0.682. The first kappa shape index (κ1) is 14.5. The van der Waals surface area contributed by atoms with Crippen LogP contribution in [0.15, 0.2) is 40.9 Å². The van der Waals surface area contributed by atoms with Gasteiger partial charge in [-0.25, -0.2) is 4.39 Å². The van der Waals surface area contributed by atoms with Gasteiger partial charge in [0.15, 0.2) is 5.78 Å². The zero-order chi connectivity index (χ0) is 14.0. The zero-order valence-electron chi connectivity index (χ0n) is 9.59. The number of Topliss-reactive ketones (excluding diaryl/α,β-unsaturated/α-hetero) is 1. The Bertz CT molecular complexity index is 643. The van der Waals surface area contributed by atoms with Crippen LogP contribution in [0.3, 0.4) is 0 Å². The molecule has 0 aliphatic carbocycles. The fraction of sp³-hybridized carbons (Fsp3) is 0.0714. The minimum Gasteiger partial charge on any atom is -0.294 e. The van der Waals surface area contributed by atoms with Gasteiger partial charge >= 0.3 is 0 Å².